The van der Waals surface area contributed by atoms with Crippen LogP contribution in [0.15, 0.2) is 53.4 Å². The second-order valence-corrected chi connectivity index (χ2v) is 6.79. The Labute approximate surface area is 165 Å². The lowest BCUT2D eigenvalue weighted by Gasteiger charge is -2.29. The number of nitrogens with zero attached hydrogens (tertiary/aromatic N) is 2. The van der Waals surface area contributed by atoms with E-state index in [1.165, 1.54) is 23.3 Å². The Bertz CT molecular complexity index is 1020. The average Bonchev–Trinajstić information content (AvgIpc) is 3.25. The van der Waals surface area contributed by atoms with Crippen LogP contribution in [0, 0.1) is 0 Å². The standard InChI is InChI=1S/C20H17N3O4S/c1-26-17-5-3-2-4-14(17)22-19(24)9-23-16-8-13(15-11-28-12-21-15)6-7-18(16)27-10-20(23)25/h2-8,11-12H,9-10H2,1H3,(H,22,24). The molecule has 1 aromatic heterocycles. The van der Waals surface area contributed by atoms with Gasteiger partial charge in [0, 0.05) is 10.9 Å². The van der Waals surface area contributed by atoms with Gasteiger partial charge in [0.05, 0.1) is 29.7 Å². The second-order valence-electron chi connectivity index (χ2n) is 6.07. The van der Waals surface area contributed by atoms with Gasteiger partial charge in [0.2, 0.25) is 5.91 Å². The normalized spacial score (nSPS) is 12.9. The predicted octanol–water partition coefficient (Wildman–Crippen LogP) is 3.18. The molecule has 1 N–H and O–H groups in total. The number of nitrogens with one attached hydrogen (secondary N) is 1. The molecule has 7 nitrogen and oxygen atoms in total. The predicted molar refractivity (Wildman–Crippen MR) is 107 cm³/mol. The monoisotopic (exact) mass is 395 g/mol. The molecular weight excluding hydrogens is 378 g/mol. The van der Waals surface area contributed by atoms with Gasteiger partial charge in [-0.1, -0.05) is 12.1 Å². The van der Waals surface area contributed by atoms with Crippen molar-refractivity contribution in [2.75, 3.05) is 30.5 Å². The number of ether oxygens (including phenoxy) is 2. The quantitative estimate of drug-likeness (QED) is 0.718. The highest BCUT2D eigenvalue weighted by atomic mass is 32.1. The molecule has 1 aliphatic heterocycles. The van der Waals surface area contributed by atoms with E-state index in [1.807, 2.05) is 23.6 Å². The van der Waals surface area contributed by atoms with Gasteiger partial charge >= 0.3 is 0 Å². The van der Waals surface area contributed by atoms with E-state index in [-0.39, 0.29) is 25.0 Å². The van der Waals surface area contributed by atoms with Crippen LogP contribution in [-0.4, -0.2) is 37.1 Å². The Kier molecular flexibility index (Phi) is 4.94. The summed E-state index contributed by atoms with van der Waals surface area (Å²) >= 11 is 1.49. The van der Waals surface area contributed by atoms with Crippen molar-refractivity contribution in [3.63, 3.8) is 0 Å². The van der Waals surface area contributed by atoms with Crippen molar-refractivity contribution >= 4 is 34.5 Å². The number of fused-ring (bicyclic) bond motifs is 1. The second kappa shape index (κ2) is 7.69. The minimum absolute atomic E-state index is 0.106. The Balaban J connectivity index is 1.59. The van der Waals surface area contributed by atoms with Crippen LogP contribution >= 0.6 is 11.3 Å². The first-order chi connectivity index (χ1) is 13.7. The third-order valence-electron chi connectivity index (χ3n) is 4.31. The van der Waals surface area contributed by atoms with E-state index in [0.29, 0.717) is 22.9 Å². The van der Waals surface area contributed by atoms with Crippen molar-refractivity contribution in [1.29, 1.82) is 0 Å². The maximum atomic E-state index is 12.6. The number of hydrogen-bond acceptors (Lipinski definition) is 6. The van der Waals surface area contributed by atoms with Crippen molar-refractivity contribution in [1.82, 2.24) is 4.98 Å². The van der Waals surface area contributed by atoms with Crippen molar-refractivity contribution in [3.8, 4) is 22.8 Å². The van der Waals surface area contributed by atoms with E-state index < -0.39 is 0 Å². The number of carbonyl (C=O) groups excluding carboxylic acids is 2. The summed E-state index contributed by atoms with van der Waals surface area (Å²) in [7, 11) is 1.53. The van der Waals surface area contributed by atoms with Gasteiger partial charge in [-0.2, -0.15) is 0 Å². The van der Waals surface area contributed by atoms with Crippen LogP contribution in [0.4, 0.5) is 11.4 Å². The number of methoxy groups -OCH3 is 1. The fourth-order valence-corrected chi connectivity index (χ4v) is 3.53. The highest BCUT2D eigenvalue weighted by Gasteiger charge is 2.28. The Hall–Kier alpha value is -3.39. The summed E-state index contributed by atoms with van der Waals surface area (Å²) in [6.07, 6.45) is 0. The van der Waals surface area contributed by atoms with Crippen LogP contribution in [0.25, 0.3) is 11.3 Å². The first kappa shape index (κ1) is 18.0. The number of aromatic nitrogens is 1. The molecule has 0 radical (unpaired) electrons. The molecule has 2 amide bonds. The third-order valence-corrected chi connectivity index (χ3v) is 4.90. The lowest BCUT2D eigenvalue weighted by molar-refractivity contribution is -0.123. The molecule has 0 spiro atoms. The van der Waals surface area contributed by atoms with Crippen LogP contribution in [0.1, 0.15) is 0 Å². The van der Waals surface area contributed by atoms with Crippen LogP contribution < -0.4 is 19.7 Å². The van der Waals surface area contributed by atoms with E-state index in [4.69, 9.17) is 9.47 Å². The van der Waals surface area contributed by atoms with E-state index >= 15 is 0 Å². The zero-order valence-corrected chi connectivity index (χ0v) is 15.9. The van der Waals surface area contributed by atoms with Crippen molar-refractivity contribution < 1.29 is 19.1 Å². The summed E-state index contributed by atoms with van der Waals surface area (Å²) in [5.41, 5.74) is 4.51. The van der Waals surface area contributed by atoms with E-state index in [0.717, 1.165) is 11.3 Å². The van der Waals surface area contributed by atoms with Crippen LogP contribution in [0.2, 0.25) is 0 Å². The number of amides is 2. The Morgan fingerprint density at radius 1 is 1.32 bits per heavy atom. The fraction of sp³-hybridized carbons (Fsp3) is 0.150. The number of para-hydroxylation sites is 2. The highest BCUT2D eigenvalue weighted by Crippen LogP contribution is 2.36. The van der Waals surface area contributed by atoms with Gasteiger partial charge in [-0.05, 0) is 30.3 Å². The molecule has 0 bridgehead atoms. The van der Waals surface area contributed by atoms with E-state index in [2.05, 4.69) is 10.3 Å². The number of anilines is 2. The number of benzene rings is 2. The zero-order chi connectivity index (χ0) is 19.5. The number of hydrogen-bond donors (Lipinski definition) is 1. The van der Waals surface area contributed by atoms with Crippen molar-refractivity contribution in [2.24, 2.45) is 0 Å². The Morgan fingerprint density at radius 3 is 2.96 bits per heavy atom. The molecule has 1 aliphatic rings. The van der Waals surface area contributed by atoms with Gasteiger partial charge < -0.3 is 14.8 Å². The van der Waals surface area contributed by atoms with E-state index in [9.17, 15) is 9.59 Å². The van der Waals surface area contributed by atoms with Crippen molar-refractivity contribution in [3.05, 3.63) is 53.4 Å². The highest BCUT2D eigenvalue weighted by molar-refractivity contribution is 7.07. The largest absolute Gasteiger partial charge is 0.495 e. The molecule has 0 aliphatic carbocycles. The maximum Gasteiger partial charge on any atom is 0.265 e. The van der Waals surface area contributed by atoms with Crippen LogP contribution in [0.3, 0.4) is 0 Å². The molecule has 2 aromatic carbocycles. The average molecular weight is 395 g/mol. The summed E-state index contributed by atoms with van der Waals surface area (Å²) in [6.45, 7) is -0.237. The van der Waals surface area contributed by atoms with Gasteiger partial charge in [0.25, 0.3) is 5.91 Å². The fourth-order valence-electron chi connectivity index (χ4n) is 2.97. The smallest absolute Gasteiger partial charge is 0.265 e. The summed E-state index contributed by atoms with van der Waals surface area (Å²) in [5, 5.41) is 4.72. The zero-order valence-electron chi connectivity index (χ0n) is 15.0. The minimum atomic E-state index is -0.329. The minimum Gasteiger partial charge on any atom is -0.495 e. The maximum absolute atomic E-state index is 12.6. The summed E-state index contributed by atoms with van der Waals surface area (Å²) in [4.78, 5) is 30.8. The lowest BCUT2D eigenvalue weighted by Crippen LogP contribution is -2.43. The molecule has 3 aromatic rings. The lowest BCUT2D eigenvalue weighted by atomic mass is 10.1. The summed E-state index contributed by atoms with van der Waals surface area (Å²) < 4.78 is 10.8. The molecule has 4 rings (SSSR count). The molecule has 142 valence electrons. The molecule has 0 atom stereocenters. The van der Waals surface area contributed by atoms with E-state index in [1.54, 1.807) is 29.8 Å². The molecule has 2 heterocycles. The number of thiazole rings is 1. The molecule has 0 fully saturated rings. The molecular formula is C20H17N3O4S. The van der Waals surface area contributed by atoms with Gasteiger partial charge in [-0.3, -0.25) is 14.5 Å². The summed E-state index contributed by atoms with van der Waals surface area (Å²) in [6, 6.07) is 12.6. The SMILES string of the molecule is COc1ccccc1NC(=O)CN1C(=O)COc2ccc(-c3cscn3)cc21. The third kappa shape index (κ3) is 3.54. The molecule has 28 heavy (non-hydrogen) atoms. The number of rotatable bonds is 5. The van der Waals surface area contributed by atoms with Gasteiger partial charge in [-0.15, -0.1) is 11.3 Å². The number of carbonyl (C=O) groups is 2. The molecule has 0 saturated carbocycles. The van der Waals surface area contributed by atoms with Crippen LogP contribution in [0.5, 0.6) is 11.5 Å². The first-order valence-corrected chi connectivity index (χ1v) is 9.48. The topological polar surface area (TPSA) is 80.8 Å². The van der Waals surface area contributed by atoms with Crippen molar-refractivity contribution in [2.45, 2.75) is 0 Å². The van der Waals surface area contributed by atoms with Gasteiger partial charge in [0.15, 0.2) is 6.61 Å². The summed E-state index contributed by atoms with van der Waals surface area (Å²) in [5.74, 6) is 0.502. The Morgan fingerprint density at radius 2 is 2.18 bits per heavy atom. The van der Waals surface area contributed by atoms with Gasteiger partial charge in [-0.25, -0.2) is 4.98 Å². The molecule has 0 saturated heterocycles. The molecule has 8 heteroatoms. The van der Waals surface area contributed by atoms with Gasteiger partial charge in [0.1, 0.15) is 18.0 Å². The van der Waals surface area contributed by atoms with Crippen LogP contribution in [-0.2, 0) is 9.59 Å². The molecule has 0 unspecified atom stereocenters. The first-order valence-electron chi connectivity index (χ1n) is 8.54.